The summed E-state index contributed by atoms with van der Waals surface area (Å²) in [6, 6.07) is 6.14. The van der Waals surface area contributed by atoms with Crippen LogP contribution in [-0.4, -0.2) is 6.54 Å². The third kappa shape index (κ3) is 5.16. The number of benzene rings is 1. The van der Waals surface area contributed by atoms with Crippen molar-refractivity contribution in [3.63, 3.8) is 0 Å². The molecule has 3 unspecified atom stereocenters. The molecular formula is C18H27Cl2N. The number of halogens is 2. The SMILES string of the molecule is CCC(NCCC1CCCC(C)C1)c1ccc(Cl)cc1Cl. The second-order valence-corrected chi connectivity index (χ2v) is 7.35. The van der Waals surface area contributed by atoms with E-state index in [4.69, 9.17) is 23.2 Å². The van der Waals surface area contributed by atoms with Gasteiger partial charge in [-0.15, -0.1) is 0 Å². The molecule has 0 bridgehead atoms. The average Bonchev–Trinajstić information content (AvgIpc) is 2.45. The Morgan fingerprint density at radius 1 is 1.29 bits per heavy atom. The molecule has 118 valence electrons. The van der Waals surface area contributed by atoms with Crippen LogP contribution in [0.4, 0.5) is 0 Å². The van der Waals surface area contributed by atoms with Crippen LogP contribution in [0.5, 0.6) is 0 Å². The van der Waals surface area contributed by atoms with Crippen molar-refractivity contribution in [3.8, 4) is 0 Å². The highest BCUT2D eigenvalue weighted by molar-refractivity contribution is 6.35. The molecule has 1 saturated carbocycles. The lowest BCUT2D eigenvalue weighted by atomic mass is 9.81. The summed E-state index contributed by atoms with van der Waals surface area (Å²) in [5.74, 6) is 1.82. The average molecular weight is 328 g/mol. The maximum atomic E-state index is 6.33. The number of hydrogen-bond acceptors (Lipinski definition) is 1. The van der Waals surface area contributed by atoms with Gasteiger partial charge in [-0.3, -0.25) is 0 Å². The monoisotopic (exact) mass is 327 g/mol. The highest BCUT2D eigenvalue weighted by atomic mass is 35.5. The smallest absolute Gasteiger partial charge is 0.0468 e. The van der Waals surface area contributed by atoms with E-state index >= 15 is 0 Å². The van der Waals surface area contributed by atoms with Gasteiger partial charge in [-0.2, -0.15) is 0 Å². The number of rotatable bonds is 6. The van der Waals surface area contributed by atoms with Crippen LogP contribution in [0.1, 0.15) is 64.0 Å². The molecule has 0 radical (unpaired) electrons. The van der Waals surface area contributed by atoms with Crippen LogP contribution in [0.2, 0.25) is 10.0 Å². The van der Waals surface area contributed by atoms with Gasteiger partial charge in [0, 0.05) is 16.1 Å². The zero-order valence-corrected chi connectivity index (χ0v) is 14.7. The van der Waals surface area contributed by atoms with Crippen LogP contribution in [0, 0.1) is 11.8 Å². The maximum Gasteiger partial charge on any atom is 0.0468 e. The quantitative estimate of drug-likeness (QED) is 0.651. The van der Waals surface area contributed by atoms with Crippen molar-refractivity contribution >= 4 is 23.2 Å². The number of nitrogens with one attached hydrogen (secondary N) is 1. The molecule has 3 heteroatoms. The van der Waals surface area contributed by atoms with Gasteiger partial charge in [-0.1, -0.05) is 62.4 Å². The summed E-state index contributed by atoms with van der Waals surface area (Å²) >= 11 is 12.3. The molecule has 1 aromatic rings. The first kappa shape index (κ1) is 17.1. The molecule has 1 nitrogen and oxygen atoms in total. The molecule has 2 rings (SSSR count). The summed E-state index contributed by atoms with van der Waals surface area (Å²) in [5.41, 5.74) is 1.17. The van der Waals surface area contributed by atoms with Crippen LogP contribution >= 0.6 is 23.2 Å². The predicted molar refractivity (Wildman–Crippen MR) is 93.2 cm³/mol. The van der Waals surface area contributed by atoms with Crippen LogP contribution in [0.25, 0.3) is 0 Å². The molecule has 21 heavy (non-hydrogen) atoms. The lowest BCUT2D eigenvalue weighted by Crippen LogP contribution is -2.25. The van der Waals surface area contributed by atoms with E-state index in [0.29, 0.717) is 11.1 Å². The minimum atomic E-state index is 0.329. The first-order chi connectivity index (χ1) is 10.1. The van der Waals surface area contributed by atoms with Crippen molar-refractivity contribution in [2.45, 2.75) is 58.4 Å². The lowest BCUT2D eigenvalue weighted by molar-refractivity contribution is 0.264. The van der Waals surface area contributed by atoms with Gasteiger partial charge in [0.1, 0.15) is 0 Å². The summed E-state index contributed by atoms with van der Waals surface area (Å²) < 4.78 is 0. The van der Waals surface area contributed by atoms with Crippen LogP contribution < -0.4 is 5.32 Å². The molecule has 1 aliphatic carbocycles. The second-order valence-electron chi connectivity index (χ2n) is 6.51. The van der Waals surface area contributed by atoms with Crippen molar-refractivity contribution in [2.24, 2.45) is 11.8 Å². The summed E-state index contributed by atoms with van der Waals surface area (Å²) in [4.78, 5) is 0. The Morgan fingerprint density at radius 2 is 2.10 bits per heavy atom. The third-order valence-corrected chi connectivity index (χ3v) is 5.30. The molecule has 1 N–H and O–H groups in total. The largest absolute Gasteiger partial charge is 0.310 e. The lowest BCUT2D eigenvalue weighted by Gasteiger charge is -2.27. The summed E-state index contributed by atoms with van der Waals surface area (Å²) in [6.45, 7) is 5.67. The van der Waals surface area contributed by atoms with E-state index in [1.54, 1.807) is 0 Å². The van der Waals surface area contributed by atoms with E-state index in [0.717, 1.165) is 29.8 Å². The van der Waals surface area contributed by atoms with Gasteiger partial charge in [0.05, 0.1) is 0 Å². The van der Waals surface area contributed by atoms with Gasteiger partial charge in [0.25, 0.3) is 0 Å². The minimum absolute atomic E-state index is 0.329. The van der Waals surface area contributed by atoms with E-state index in [9.17, 15) is 0 Å². The third-order valence-electron chi connectivity index (χ3n) is 4.73. The molecule has 1 aromatic carbocycles. The Hall–Kier alpha value is -0.240. The van der Waals surface area contributed by atoms with Crippen molar-refractivity contribution in [1.82, 2.24) is 5.32 Å². The second kappa shape index (κ2) is 8.41. The molecule has 1 fully saturated rings. The first-order valence-corrected chi connectivity index (χ1v) is 9.04. The molecule has 0 spiro atoms. The van der Waals surface area contributed by atoms with Crippen LogP contribution in [0.15, 0.2) is 18.2 Å². The Balaban J connectivity index is 1.85. The van der Waals surface area contributed by atoms with Crippen molar-refractivity contribution < 1.29 is 0 Å². The highest BCUT2D eigenvalue weighted by Crippen LogP contribution is 2.31. The van der Waals surface area contributed by atoms with E-state index in [1.165, 1.54) is 37.7 Å². The van der Waals surface area contributed by atoms with Gasteiger partial charge in [-0.05, 0) is 55.3 Å². The molecule has 0 amide bonds. The van der Waals surface area contributed by atoms with Crippen molar-refractivity contribution in [3.05, 3.63) is 33.8 Å². The Kier molecular flexibility index (Phi) is 6.85. The zero-order chi connectivity index (χ0) is 15.2. The van der Waals surface area contributed by atoms with Crippen LogP contribution in [-0.2, 0) is 0 Å². The summed E-state index contributed by atoms with van der Waals surface area (Å²) in [6.07, 6.45) is 7.97. The minimum Gasteiger partial charge on any atom is -0.310 e. The molecule has 3 atom stereocenters. The van der Waals surface area contributed by atoms with Gasteiger partial charge < -0.3 is 5.32 Å². The van der Waals surface area contributed by atoms with E-state index in [1.807, 2.05) is 12.1 Å². The van der Waals surface area contributed by atoms with E-state index < -0.39 is 0 Å². The van der Waals surface area contributed by atoms with Gasteiger partial charge in [0.15, 0.2) is 0 Å². The van der Waals surface area contributed by atoms with E-state index in [-0.39, 0.29) is 0 Å². The summed E-state index contributed by atoms with van der Waals surface area (Å²) in [7, 11) is 0. The van der Waals surface area contributed by atoms with Gasteiger partial charge in [0.2, 0.25) is 0 Å². The van der Waals surface area contributed by atoms with Crippen molar-refractivity contribution in [1.29, 1.82) is 0 Å². The fourth-order valence-electron chi connectivity index (χ4n) is 3.54. The predicted octanol–water partition coefficient (Wildman–Crippen LogP) is 6.25. The normalized spacial score (nSPS) is 24.0. The highest BCUT2D eigenvalue weighted by Gasteiger charge is 2.19. The summed E-state index contributed by atoms with van der Waals surface area (Å²) in [5, 5.41) is 5.16. The Morgan fingerprint density at radius 3 is 2.76 bits per heavy atom. The topological polar surface area (TPSA) is 12.0 Å². The van der Waals surface area contributed by atoms with Crippen LogP contribution in [0.3, 0.4) is 0 Å². The molecule has 0 heterocycles. The molecular weight excluding hydrogens is 301 g/mol. The van der Waals surface area contributed by atoms with Gasteiger partial charge >= 0.3 is 0 Å². The molecule has 1 aliphatic rings. The molecule has 0 aliphatic heterocycles. The maximum absolute atomic E-state index is 6.33. The molecule has 0 aromatic heterocycles. The van der Waals surface area contributed by atoms with Gasteiger partial charge in [-0.25, -0.2) is 0 Å². The van der Waals surface area contributed by atoms with Crippen molar-refractivity contribution in [2.75, 3.05) is 6.54 Å². The first-order valence-electron chi connectivity index (χ1n) is 8.28. The van der Waals surface area contributed by atoms with E-state index in [2.05, 4.69) is 25.2 Å². The Labute approximate surface area is 139 Å². The standard InChI is InChI=1S/C18H27Cl2N/c1-3-18(16-8-7-15(19)12-17(16)20)21-10-9-14-6-4-5-13(2)11-14/h7-8,12-14,18,21H,3-6,9-11H2,1-2H3. The zero-order valence-electron chi connectivity index (χ0n) is 13.2. The fourth-order valence-corrected chi connectivity index (χ4v) is 4.08. The fraction of sp³-hybridized carbons (Fsp3) is 0.667. The molecule has 0 saturated heterocycles. The Bertz CT molecular complexity index is 447. The number of hydrogen-bond donors (Lipinski definition) is 1.